The number of benzene rings is 2. The number of carbonyl (C=O) groups excluding carboxylic acids is 2. The third kappa shape index (κ3) is 6.58. The van der Waals surface area contributed by atoms with Gasteiger partial charge in [0.1, 0.15) is 5.70 Å². The second-order valence-corrected chi connectivity index (χ2v) is 7.42. The average Bonchev–Trinajstić information content (AvgIpc) is 2.81. The Bertz CT molecular complexity index is 906. The first-order valence-corrected chi connectivity index (χ1v) is 10.4. The van der Waals surface area contributed by atoms with E-state index < -0.39 is 11.9 Å². The predicted octanol–water partition coefficient (Wildman–Crippen LogP) is 3.40. The number of carbonyl (C=O) groups is 2. The van der Waals surface area contributed by atoms with E-state index in [4.69, 9.17) is 4.74 Å². The van der Waals surface area contributed by atoms with Gasteiger partial charge in [-0.2, -0.15) is 0 Å². The lowest BCUT2D eigenvalue weighted by Crippen LogP contribution is -2.38. The highest BCUT2D eigenvalue weighted by Crippen LogP contribution is 2.26. The molecule has 0 atom stereocenters. The van der Waals surface area contributed by atoms with Crippen molar-refractivity contribution in [2.24, 2.45) is 0 Å². The topological polar surface area (TPSA) is 79.9 Å². The molecule has 0 unspecified atom stereocenters. The number of likely N-dealkylation sites (tertiary alicyclic amines) is 1. The monoisotopic (exact) mass is 423 g/mol. The van der Waals surface area contributed by atoms with Gasteiger partial charge in [0.15, 0.2) is 0 Å². The van der Waals surface area contributed by atoms with E-state index in [1.807, 2.05) is 30.3 Å². The third-order valence-corrected chi connectivity index (χ3v) is 5.26. The number of nitrogens with zero attached hydrogens (tertiary/aromatic N) is 1. The van der Waals surface area contributed by atoms with Crippen LogP contribution >= 0.6 is 0 Å². The van der Waals surface area contributed by atoms with Gasteiger partial charge in [-0.15, -0.1) is 0 Å². The molecule has 0 bridgehead atoms. The van der Waals surface area contributed by atoms with Gasteiger partial charge >= 0.3 is 11.9 Å². The van der Waals surface area contributed by atoms with Crippen LogP contribution < -0.4 is 10.6 Å². The van der Waals surface area contributed by atoms with Crippen LogP contribution in [0.1, 0.15) is 18.4 Å². The van der Waals surface area contributed by atoms with E-state index in [1.165, 1.54) is 19.8 Å². The molecule has 1 fully saturated rings. The zero-order valence-electron chi connectivity index (χ0n) is 18.0. The van der Waals surface area contributed by atoms with Crippen LogP contribution in [0.3, 0.4) is 0 Å². The van der Waals surface area contributed by atoms with E-state index in [0.717, 1.165) is 44.2 Å². The molecule has 1 saturated heterocycles. The number of anilines is 2. The van der Waals surface area contributed by atoms with Crippen molar-refractivity contribution in [3.8, 4) is 0 Å². The third-order valence-electron chi connectivity index (χ3n) is 5.26. The summed E-state index contributed by atoms with van der Waals surface area (Å²) in [5.41, 5.74) is 2.90. The van der Waals surface area contributed by atoms with Gasteiger partial charge in [0.25, 0.3) is 0 Å². The summed E-state index contributed by atoms with van der Waals surface area (Å²) in [5.74, 6) is -1.28. The number of hydrogen-bond acceptors (Lipinski definition) is 7. The van der Waals surface area contributed by atoms with Crippen molar-refractivity contribution in [2.45, 2.75) is 25.4 Å². The summed E-state index contributed by atoms with van der Waals surface area (Å²) in [5, 5.41) is 6.59. The highest BCUT2D eigenvalue weighted by molar-refractivity contribution is 5.99. The molecule has 7 heteroatoms. The number of para-hydroxylation sites is 2. The summed E-state index contributed by atoms with van der Waals surface area (Å²) in [6.45, 7) is 2.99. The van der Waals surface area contributed by atoms with Gasteiger partial charge in [-0.25, -0.2) is 9.59 Å². The van der Waals surface area contributed by atoms with Gasteiger partial charge in [-0.05, 0) is 30.5 Å². The Hall–Kier alpha value is -3.32. The molecule has 1 aliphatic rings. The van der Waals surface area contributed by atoms with Crippen molar-refractivity contribution in [1.82, 2.24) is 4.90 Å². The van der Waals surface area contributed by atoms with Crippen LogP contribution in [0.15, 0.2) is 66.4 Å². The number of piperidine rings is 1. The first-order chi connectivity index (χ1) is 15.1. The molecule has 2 N–H and O–H groups in total. The lowest BCUT2D eigenvalue weighted by atomic mass is 10.0. The normalized spacial score (nSPS) is 15.2. The van der Waals surface area contributed by atoms with E-state index in [9.17, 15) is 9.59 Å². The maximum absolute atomic E-state index is 12.1. The number of nitrogens with one attached hydrogen (secondary N) is 2. The molecule has 3 rings (SSSR count). The molecular formula is C24H29N3O4. The Morgan fingerprint density at radius 1 is 0.968 bits per heavy atom. The smallest absolute Gasteiger partial charge is 0.354 e. The quantitative estimate of drug-likeness (QED) is 0.498. The summed E-state index contributed by atoms with van der Waals surface area (Å²) in [6, 6.07) is 18.4. The van der Waals surface area contributed by atoms with E-state index in [-0.39, 0.29) is 5.70 Å². The molecule has 7 nitrogen and oxygen atoms in total. The van der Waals surface area contributed by atoms with Crippen molar-refractivity contribution in [1.29, 1.82) is 0 Å². The van der Waals surface area contributed by atoms with Gasteiger partial charge in [-0.3, -0.25) is 4.90 Å². The maximum atomic E-state index is 12.1. The summed E-state index contributed by atoms with van der Waals surface area (Å²) >= 11 is 0. The largest absolute Gasteiger partial charge is 0.466 e. The lowest BCUT2D eigenvalue weighted by Gasteiger charge is -2.33. The van der Waals surface area contributed by atoms with E-state index in [2.05, 4.69) is 44.5 Å². The Morgan fingerprint density at radius 3 is 2.26 bits per heavy atom. The highest BCUT2D eigenvalue weighted by Gasteiger charge is 2.21. The first kappa shape index (κ1) is 22.4. The predicted molar refractivity (Wildman–Crippen MR) is 121 cm³/mol. The Morgan fingerprint density at radius 2 is 1.61 bits per heavy atom. The molecule has 0 amide bonds. The van der Waals surface area contributed by atoms with Crippen LogP contribution in [0.25, 0.3) is 0 Å². The maximum Gasteiger partial charge on any atom is 0.354 e. The number of methoxy groups -OCH3 is 2. The number of esters is 2. The van der Waals surface area contributed by atoms with Crippen molar-refractivity contribution in [3.05, 3.63) is 71.9 Å². The standard InChI is InChI=1S/C24H29N3O4/c1-30-23(28)16-22(24(29)31-2)26-21-11-7-6-10-20(21)25-19-12-14-27(15-13-19)17-18-8-4-3-5-9-18/h3-11,16,19,25-26H,12-15,17H2,1-2H3/b22-16+. The molecule has 0 saturated carbocycles. The molecule has 0 spiro atoms. The summed E-state index contributed by atoms with van der Waals surface area (Å²) in [7, 11) is 2.52. The van der Waals surface area contributed by atoms with Gasteiger partial charge in [0, 0.05) is 25.7 Å². The summed E-state index contributed by atoms with van der Waals surface area (Å²) in [6.07, 6.45) is 3.12. The Balaban J connectivity index is 1.62. The van der Waals surface area contributed by atoms with Crippen molar-refractivity contribution < 1.29 is 19.1 Å². The minimum absolute atomic E-state index is 0.0151. The number of ether oxygens (including phenoxy) is 2. The van der Waals surface area contributed by atoms with Crippen LogP contribution in [-0.4, -0.2) is 50.2 Å². The van der Waals surface area contributed by atoms with Crippen molar-refractivity contribution in [3.63, 3.8) is 0 Å². The lowest BCUT2D eigenvalue weighted by molar-refractivity contribution is -0.138. The summed E-state index contributed by atoms with van der Waals surface area (Å²) in [4.78, 5) is 26.2. The van der Waals surface area contributed by atoms with Gasteiger partial charge in [0.2, 0.25) is 0 Å². The number of hydrogen-bond donors (Lipinski definition) is 2. The fraction of sp³-hybridized carbons (Fsp3) is 0.333. The van der Waals surface area contributed by atoms with Gasteiger partial charge in [0.05, 0.1) is 31.7 Å². The van der Waals surface area contributed by atoms with Crippen molar-refractivity contribution >= 4 is 23.3 Å². The molecule has 1 heterocycles. The minimum atomic E-state index is -0.644. The molecular weight excluding hydrogens is 394 g/mol. The van der Waals surface area contributed by atoms with Crippen LogP contribution in [0.2, 0.25) is 0 Å². The van der Waals surface area contributed by atoms with Crippen LogP contribution in [0, 0.1) is 0 Å². The Labute approximate surface area is 183 Å². The molecule has 164 valence electrons. The minimum Gasteiger partial charge on any atom is -0.466 e. The molecule has 2 aromatic rings. The van der Waals surface area contributed by atoms with Crippen molar-refractivity contribution in [2.75, 3.05) is 37.9 Å². The average molecular weight is 424 g/mol. The first-order valence-electron chi connectivity index (χ1n) is 10.4. The molecule has 1 aliphatic heterocycles. The molecule has 0 radical (unpaired) electrons. The SMILES string of the molecule is COC(=O)/C=C(/Nc1ccccc1NC1CCN(Cc2ccccc2)CC1)C(=O)OC. The van der Waals surface area contributed by atoms with Crippen LogP contribution in [0.5, 0.6) is 0 Å². The van der Waals surface area contributed by atoms with Gasteiger partial charge < -0.3 is 20.1 Å². The number of rotatable bonds is 8. The fourth-order valence-electron chi connectivity index (χ4n) is 3.59. The Kier molecular flexibility index (Phi) is 8.06. The van der Waals surface area contributed by atoms with E-state index >= 15 is 0 Å². The second-order valence-electron chi connectivity index (χ2n) is 7.42. The van der Waals surface area contributed by atoms with Gasteiger partial charge in [-0.1, -0.05) is 42.5 Å². The second kappa shape index (κ2) is 11.2. The zero-order valence-corrected chi connectivity index (χ0v) is 18.0. The fourth-order valence-corrected chi connectivity index (χ4v) is 3.59. The van der Waals surface area contributed by atoms with Crippen LogP contribution in [0.4, 0.5) is 11.4 Å². The zero-order chi connectivity index (χ0) is 22.1. The summed E-state index contributed by atoms with van der Waals surface area (Å²) < 4.78 is 9.41. The molecule has 0 aromatic heterocycles. The highest BCUT2D eigenvalue weighted by atomic mass is 16.5. The molecule has 0 aliphatic carbocycles. The molecule has 2 aromatic carbocycles. The van der Waals surface area contributed by atoms with E-state index in [1.54, 1.807) is 0 Å². The van der Waals surface area contributed by atoms with E-state index in [0.29, 0.717) is 11.7 Å². The molecule has 31 heavy (non-hydrogen) atoms. The van der Waals surface area contributed by atoms with Crippen LogP contribution in [-0.2, 0) is 25.6 Å².